The van der Waals surface area contributed by atoms with Crippen LogP contribution in [0.15, 0.2) is 6.20 Å². The number of hydrogen-bond donors (Lipinski definition) is 1. The maximum absolute atomic E-state index is 4.37. The highest BCUT2D eigenvalue weighted by Crippen LogP contribution is 2.34. The van der Waals surface area contributed by atoms with Crippen molar-refractivity contribution in [1.82, 2.24) is 10.3 Å². The van der Waals surface area contributed by atoms with E-state index >= 15 is 0 Å². The SMILES string of the molecule is CCCC1CC1NCc1cnc(CC)s1. The molecule has 0 spiro atoms. The third kappa shape index (κ3) is 3.02. The highest BCUT2D eigenvalue weighted by molar-refractivity contribution is 7.11. The molecule has 84 valence electrons. The van der Waals surface area contributed by atoms with E-state index in [4.69, 9.17) is 0 Å². The van der Waals surface area contributed by atoms with E-state index in [0.717, 1.165) is 24.9 Å². The maximum atomic E-state index is 4.37. The third-order valence-electron chi connectivity index (χ3n) is 3.02. The third-order valence-corrected chi connectivity index (χ3v) is 4.17. The number of nitrogens with one attached hydrogen (secondary N) is 1. The first-order valence-corrected chi connectivity index (χ1v) is 6.82. The van der Waals surface area contributed by atoms with Gasteiger partial charge in [0.2, 0.25) is 0 Å². The number of aryl methyl sites for hydroxylation is 1. The molecule has 0 amide bonds. The zero-order chi connectivity index (χ0) is 10.7. The molecule has 2 nitrogen and oxygen atoms in total. The van der Waals surface area contributed by atoms with E-state index in [9.17, 15) is 0 Å². The lowest BCUT2D eigenvalue weighted by molar-refractivity contribution is 0.602. The highest BCUT2D eigenvalue weighted by Gasteiger charge is 2.35. The molecule has 2 unspecified atom stereocenters. The van der Waals surface area contributed by atoms with Crippen LogP contribution < -0.4 is 5.32 Å². The molecule has 1 aromatic rings. The molecular formula is C12H20N2S. The van der Waals surface area contributed by atoms with Crippen LogP contribution in [0, 0.1) is 5.92 Å². The Bertz CT molecular complexity index is 308. The zero-order valence-electron chi connectivity index (χ0n) is 9.62. The normalized spacial score (nSPS) is 24.4. The van der Waals surface area contributed by atoms with Crippen LogP contribution in [-0.4, -0.2) is 11.0 Å². The Labute approximate surface area is 96.1 Å². The van der Waals surface area contributed by atoms with Gasteiger partial charge in [0.1, 0.15) is 0 Å². The van der Waals surface area contributed by atoms with Gasteiger partial charge in [-0.2, -0.15) is 0 Å². The molecule has 1 aliphatic carbocycles. The van der Waals surface area contributed by atoms with Gasteiger partial charge in [-0.25, -0.2) is 4.98 Å². The summed E-state index contributed by atoms with van der Waals surface area (Å²) in [6, 6.07) is 0.789. The average molecular weight is 224 g/mol. The Kier molecular flexibility index (Phi) is 3.76. The molecule has 15 heavy (non-hydrogen) atoms. The minimum absolute atomic E-state index is 0.789. The van der Waals surface area contributed by atoms with Crippen molar-refractivity contribution < 1.29 is 0 Å². The van der Waals surface area contributed by atoms with Crippen LogP contribution in [0.25, 0.3) is 0 Å². The van der Waals surface area contributed by atoms with Crippen LogP contribution in [0.2, 0.25) is 0 Å². The number of hydrogen-bond acceptors (Lipinski definition) is 3. The number of rotatable bonds is 6. The van der Waals surface area contributed by atoms with Gasteiger partial charge in [-0.05, 0) is 25.2 Å². The summed E-state index contributed by atoms with van der Waals surface area (Å²) in [5.74, 6) is 0.952. The topological polar surface area (TPSA) is 24.9 Å². The van der Waals surface area contributed by atoms with Crippen molar-refractivity contribution in [3.05, 3.63) is 16.1 Å². The first kappa shape index (κ1) is 11.1. The standard InChI is InChI=1S/C12H20N2S/c1-3-5-9-6-11(9)13-7-10-8-14-12(4-2)15-10/h8-9,11,13H,3-7H2,1-2H3. The van der Waals surface area contributed by atoms with Crippen molar-refractivity contribution in [2.24, 2.45) is 5.92 Å². The molecule has 1 aliphatic rings. The summed E-state index contributed by atoms with van der Waals surface area (Å²) in [5, 5.41) is 4.87. The fourth-order valence-corrected chi connectivity index (χ4v) is 2.83. The lowest BCUT2D eigenvalue weighted by atomic mass is 10.2. The second-order valence-electron chi connectivity index (χ2n) is 4.35. The van der Waals surface area contributed by atoms with Crippen molar-refractivity contribution in [2.45, 2.75) is 52.1 Å². The highest BCUT2D eigenvalue weighted by atomic mass is 32.1. The van der Waals surface area contributed by atoms with E-state index in [0.29, 0.717) is 0 Å². The molecule has 1 N–H and O–H groups in total. The van der Waals surface area contributed by atoms with Gasteiger partial charge >= 0.3 is 0 Å². The monoisotopic (exact) mass is 224 g/mol. The number of aromatic nitrogens is 1. The quantitative estimate of drug-likeness (QED) is 0.803. The van der Waals surface area contributed by atoms with Gasteiger partial charge in [0.05, 0.1) is 5.01 Å². The molecule has 1 heterocycles. The molecule has 0 bridgehead atoms. The van der Waals surface area contributed by atoms with Gasteiger partial charge in [0, 0.05) is 23.7 Å². The first-order valence-electron chi connectivity index (χ1n) is 6.00. The lowest BCUT2D eigenvalue weighted by Crippen LogP contribution is -2.16. The van der Waals surface area contributed by atoms with E-state index in [2.05, 4.69) is 24.1 Å². The summed E-state index contributed by atoms with van der Waals surface area (Å²) in [6.07, 6.45) is 7.18. The smallest absolute Gasteiger partial charge is 0.0925 e. The fraction of sp³-hybridized carbons (Fsp3) is 0.750. The summed E-state index contributed by atoms with van der Waals surface area (Å²) >= 11 is 1.84. The summed E-state index contributed by atoms with van der Waals surface area (Å²) in [6.45, 7) is 5.45. The Hall–Kier alpha value is -0.410. The van der Waals surface area contributed by atoms with E-state index in [-0.39, 0.29) is 0 Å². The van der Waals surface area contributed by atoms with Crippen LogP contribution >= 0.6 is 11.3 Å². The summed E-state index contributed by atoms with van der Waals surface area (Å²) in [4.78, 5) is 5.75. The molecular weight excluding hydrogens is 204 g/mol. The molecule has 0 aliphatic heterocycles. The van der Waals surface area contributed by atoms with Gasteiger partial charge in [0.25, 0.3) is 0 Å². The minimum atomic E-state index is 0.789. The fourth-order valence-electron chi connectivity index (χ4n) is 2.01. The average Bonchev–Trinajstić information content (AvgIpc) is 2.82. The van der Waals surface area contributed by atoms with Gasteiger partial charge in [0.15, 0.2) is 0 Å². The Balaban J connectivity index is 1.70. The van der Waals surface area contributed by atoms with E-state index in [1.54, 1.807) is 0 Å². The molecule has 0 saturated heterocycles. The van der Waals surface area contributed by atoms with Gasteiger partial charge in [-0.3, -0.25) is 0 Å². The minimum Gasteiger partial charge on any atom is -0.309 e. The molecule has 1 saturated carbocycles. The van der Waals surface area contributed by atoms with Crippen molar-refractivity contribution in [3.8, 4) is 0 Å². The van der Waals surface area contributed by atoms with Crippen molar-refractivity contribution in [1.29, 1.82) is 0 Å². The lowest BCUT2D eigenvalue weighted by Gasteiger charge is -2.00. The van der Waals surface area contributed by atoms with Crippen LogP contribution in [-0.2, 0) is 13.0 Å². The van der Waals surface area contributed by atoms with E-state index in [1.165, 1.54) is 29.1 Å². The molecule has 2 rings (SSSR count). The number of nitrogens with zero attached hydrogens (tertiary/aromatic N) is 1. The second kappa shape index (κ2) is 5.08. The second-order valence-corrected chi connectivity index (χ2v) is 5.55. The molecule has 0 aromatic carbocycles. The molecule has 3 heteroatoms. The summed E-state index contributed by atoms with van der Waals surface area (Å²) < 4.78 is 0. The molecule has 1 fully saturated rings. The van der Waals surface area contributed by atoms with Gasteiger partial charge in [-0.1, -0.05) is 20.3 Å². The van der Waals surface area contributed by atoms with Crippen LogP contribution in [0.1, 0.15) is 43.0 Å². The molecule has 0 radical (unpaired) electrons. The Morgan fingerprint density at radius 2 is 2.40 bits per heavy atom. The van der Waals surface area contributed by atoms with Gasteiger partial charge < -0.3 is 5.32 Å². The van der Waals surface area contributed by atoms with Crippen LogP contribution in [0.3, 0.4) is 0 Å². The van der Waals surface area contributed by atoms with E-state index in [1.807, 2.05) is 17.5 Å². The van der Waals surface area contributed by atoms with Crippen LogP contribution in [0.5, 0.6) is 0 Å². The summed E-state index contributed by atoms with van der Waals surface area (Å²) in [7, 11) is 0. The van der Waals surface area contributed by atoms with Crippen molar-refractivity contribution >= 4 is 11.3 Å². The van der Waals surface area contributed by atoms with E-state index < -0.39 is 0 Å². The predicted molar refractivity (Wildman–Crippen MR) is 65.1 cm³/mol. The van der Waals surface area contributed by atoms with Crippen molar-refractivity contribution in [3.63, 3.8) is 0 Å². The molecule has 2 atom stereocenters. The van der Waals surface area contributed by atoms with Crippen molar-refractivity contribution in [2.75, 3.05) is 0 Å². The van der Waals surface area contributed by atoms with Crippen LogP contribution in [0.4, 0.5) is 0 Å². The largest absolute Gasteiger partial charge is 0.309 e. The van der Waals surface area contributed by atoms with Gasteiger partial charge in [-0.15, -0.1) is 11.3 Å². The molecule has 1 aromatic heterocycles. The Morgan fingerprint density at radius 3 is 3.07 bits per heavy atom. The Morgan fingerprint density at radius 1 is 1.53 bits per heavy atom. The first-order chi connectivity index (χ1) is 7.33. The zero-order valence-corrected chi connectivity index (χ0v) is 10.4. The predicted octanol–water partition coefficient (Wildman–Crippen LogP) is 2.98. The summed E-state index contributed by atoms with van der Waals surface area (Å²) in [5.41, 5.74) is 0. The number of thiazole rings is 1. The maximum Gasteiger partial charge on any atom is 0.0925 e.